The van der Waals surface area contributed by atoms with Crippen LogP contribution in [0.2, 0.25) is 0 Å². The number of nitrogens with one attached hydrogen (secondary N) is 1. The van der Waals surface area contributed by atoms with Crippen LogP contribution in [-0.2, 0) is 14.2 Å². The topological polar surface area (TPSA) is 56.8 Å². The predicted molar refractivity (Wildman–Crippen MR) is 61.5 cm³/mol. The van der Waals surface area contributed by atoms with Gasteiger partial charge in [0.1, 0.15) is 6.61 Å². The summed E-state index contributed by atoms with van der Waals surface area (Å²) in [4.78, 5) is 10.9. The second kappa shape index (κ2) is 12.0. The van der Waals surface area contributed by atoms with E-state index in [1.165, 1.54) is 6.08 Å². The van der Waals surface area contributed by atoms with Gasteiger partial charge < -0.3 is 19.5 Å². The number of carbonyl (C=O) groups is 1. The number of alkyl carbamates (subject to hydrolysis) is 1. The van der Waals surface area contributed by atoms with Gasteiger partial charge in [0.25, 0.3) is 0 Å². The molecule has 0 atom stereocenters. The van der Waals surface area contributed by atoms with Gasteiger partial charge >= 0.3 is 6.09 Å². The van der Waals surface area contributed by atoms with Crippen LogP contribution in [0.5, 0.6) is 0 Å². The van der Waals surface area contributed by atoms with Gasteiger partial charge in [0.15, 0.2) is 0 Å². The van der Waals surface area contributed by atoms with E-state index in [0.29, 0.717) is 26.4 Å². The minimum Gasteiger partial charge on any atom is -0.445 e. The molecule has 0 rings (SSSR count). The Kier molecular flexibility index (Phi) is 11.2. The van der Waals surface area contributed by atoms with Gasteiger partial charge in [-0.05, 0) is 6.42 Å². The zero-order chi connectivity index (χ0) is 12.1. The monoisotopic (exact) mass is 231 g/mol. The number of carbonyl (C=O) groups excluding carboxylic acids is 1. The van der Waals surface area contributed by atoms with Gasteiger partial charge in [0.05, 0.1) is 19.8 Å². The molecule has 0 saturated carbocycles. The van der Waals surface area contributed by atoms with Crippen molar-refractivity contribution in [3.63, 3.8) is 0 Å². The van der Waals surface area contributed by atoms with Crippen molar-refractivity contribution in [2.24, 2.45) is 0 Å². The van der Waals surface area contributed by atoms with Crippen LogP contribution < -0.4 is 5.32 Å². The lowest BCUT2D eigenvalue weighted by Crippen LogP contribution is -2.28. The molecular weight excluding hydrogens is 210 g/mol. The maximum Gasteiger partial charge on any atom is 0.407 e. The Labute approximate surface area is 96.8 Å². The summed E-state index contributed by atoms with van der Waals surface area (Å²) in [5.74, 6) is 0. The van der Waals surface area contributed by atoms with Crippen LogP contribution in [0.25, 0.3) is 0 Å². The third-order valence-electron chi connectivity index (χ3n) is 1.57. The highest BCUT2D eigenvalue weighted by Crippen LogP contribution is 1.82. The van der Waals surface area contributed by atoms with E-state index in [9.17, 15) is 4.79 Å². The summed E-state index contributed by atoms with van der Waals surface area (Å²) in [6, 6.07) is 0. The molecule has 1 N–H and O–H groups in total. The zero-order valence-corrected chi connectivity index (χ0v) is 9.87. The fraction of sp³-hybridized carbons (Fsp3) is 0.727. The van der Waals surface area contributed by atoms with E-state index in [1.807, 2.05) is 0 Å². The summed E-state index contributed by atoms with van der Waals surface area (Å²) in [7, 11) is 0. The van der Waals surface area contributed by atoms with Crippen molar-refractivity contribution in [3.8, 4) is 0 Å². The molecule has 0 radical (unpaired) electrons. The molecule has 0 spiro atoms. The number of ether oxygens (including phenoxy) is 3. The van der Waals surface area contributed by atoms with E-state index in [1.54, 1.807) is 0 Å². The van der Waals surface area contributed by atoms with Gasteiger partial charge in [0.2, 0.25) is 0 Å². The number of hydrogen-bond donors (Lipinski definition) is 1. The number of hydrogen-bond acceptors (Lipinski definition) is 4. The van der Waals surface area contributed by atoms with Crippen molar-refractivity contribution in [3.05, 3.63) is 12.7 Å². The first kappa shape index (κ1) is 14.9. The molecule has 0 unspecified atom stereocenters. The Morgan fingerprint density at radius 2 is 1.94 bits per heavy atom. The van der Waals surface area contributed by atoms with Crippen LogP contribution in [0.15, 0.2) is 12.7 Å². The highest BCUT2D eigenvalue weighted by Gasteiger charge is 1.98. The first-order valence-electron chi connectivity index (χ1n) is 5.48. The normalized spacial score (nSPS) is 9.81. The summed E-state index contributed by atoms with van der Waals surface area (Å²) in [6.07, 6.45) is 2.07. The van der Waals surface area contributed by atoms with Crippen molar-refractivity contribution in [1.29, 1.82) is 0 Å². The third-order valence-corrected chi connectivity index (χ3v) is 1.57. The average Bonchev–Trinajstić information content (AvgIpc) is 2.30. The molecule has 0 bridgehead atoms. The molecule has 0 fully saturated rings. The van der Waals surface area contributed by atoms with Gasteiger partial charge in [-0.3, -0.25) is 0 Å². The lowest BCUT2D eigenvalue weighted by molar-refractivity contribution is 0.0487. The molecule has 5 heteroatoms. The second-order valence-corrected chi connectivity index (χ2v) is 3.04. The molecule has 0 aromatic rings. The minimum atomic E-state index is -0.453. The van der Waals surface area contributed by atoms with Crippen molar-refractivity contribution < 1.29 is 19.0 Å². The van der Waals surface area contributed by atoms with Crippen LogP contribution in [0, 0.1) is 0 Å². The lowest BCUT2D eigenvalue weighted by atomic mass is 10.5. The smallest absolute Gasteiger partial charge is 0.407 e. The van der Waals surface area contributed by atoms with Gasteiger partial charge in [-0.25, -0.2) is 4.79 Å². The molecule has 0 aromatic carbocycles. The molecule has 0 aromatic heterocycles. The Morgan fingerprint density at radius 1 is 1.25 bits per heavy atom. The van der Waals surface area contributed by atoms with E-state index in [4.69, 9.17) is 14.2 Å². The van der Waals surface area contributed by atoms with Crippen LogP contribution in [-0.4, -0.2) is 45.7 Å². The van der Waals surface area contributed by atoms with E-state index >= 15 is 0 Å². The summed E-state index contributed by atoms with van der Waals surface area (Å²) in [6.45, 7) is 8.50. The summed E-state index contributed by atoms with van der Waals surface area (Å²) >= 11 is 0. The average molecular weight is 231 g/mol. The maximum absolute atomic E-state index is 10.9. The third kappa shape index (κ3) is 11.0. The van der Waals surface area contributed by atoms with Crippen molar-refractivity contribution in [1.82, 2.24) is 5.32 Å². The van der Waals surface area contributed by atoms with E-state index in [-0.39, 0.29) is 6.61 Å². The first-order valence-corrected chi connectivity index (χ1v) is 5.48. The highest BCUT2D eigenvalue weighted by molar-refractivity contribution is 5.67. The molecule has 0 heterocycles. The molecule has 1 amide bonds. The fourth-order valence-corrected chi connectivity index (χ4v) is 0.877. The SMILES string of the molecule is C=CCOC(=O)NCCOCCOCCC. The summed E-state index contributed by atoms with van der Waals surface area (Å²) in [5.41, 5.74) is 0. The Bertz CT molecular complexity index is 185. The molecule has 0 aliphatic carbocycles. The summed E-state index contributed by atoms with van der Waals surface area (Å²) < 4.78 is 15.1. The van der Waals surface area contributed by atoms with Crippen LogP contribution in [0.3, 0.4) is 0 Å². The molecule has 0 saturated heterocycles. The molecule has 5 nitrogen and oxygen atoms in total. The Morgan fingerprint density at radius 3 is 2.56 bits per heavy atom. The van der Waals surface area contributed by atoms with E-state index < -0.39 is 6.09 Å². The standard InChI is InChI=1S/C11H21NO4/c1-3-6-14-9-10-15-8-5-12-11(13)16-7-4-2/h4H,2-3,5-10H2,1H3,(H,12,13). The van der Waals surface area contributed by atoms with Crippen molar-refractivity contribution >= 4 is 6.09 Å². The van der Waals surface area contributed by atoms with Crippen molar-refractivity contribution in [2.45, 2.75) is 13.3 Å². The Balaban J connectivity index is 3.08. The molecule has 0 aliphatic heterocycles. The molecule has 0 aliphatic rings. The molecular formula is C11H21NO4. The second-order valence-electron chi connectivity index (χ2n) is 3.04. The fourth-order valence-electron chi connectivity index (χ4n) is 0.877. The van der Waals surface area contributed by atoms with Gasteiger partial charge in [-0.15, -0.1) is 0 Å². The van der Waals surface area contributed by atoms with Crippen LogP contribution >= 0.6 is 0 Å². The lowest BCUT2D eigenvalue weighted by Gasteiger charge is -2.06. The summed E-state index contributed by atoms with van der Waals surface area (Å²) in [5, 5.41) is 2.54. The first-order chi connectivity index (χ1) is 7.81. The van der Waals surface area contributed by atoms with E-state index in [2.05, 4.69) is 18.8 Å². The number of rotatable bonds is 10. The van der Waals surface area contributed by atoms with Crippen LogP contribution in [0.1, 0.15) is 13.3 Å². The van der Waals surface area contributed by atoms with Gasteiger partial charge in [0, 0.05) is 13.2 Å². The van der Waals surface area contributed by atoms with Crippen molar-refractivity contribution in [2.75, 3.05) is 39.6 Å². The quantitative estimate of drug-likeness (QED) is 0.455. The zero-order valence-electron chi connectivity index (χ0n) is 9.87. The van der Waals surface area contributed by atoms with Gasteiger partial charge in [-0.1, -0.05) is 19.6 Å². The van der Waals surface area contributed by atoms with Crippen LogP contribution in [0.4, 0.5) is 4.79 Å². The van der Waals surface area contributed by atoms with E-state index in [0.717, 1.165) is 13.0 Å². The Hall–Kier alpha value is -1.07. The largest absolute Gasteiger partial charge is 0.445 e. The maximum atomic E-state index is 10.9. The molecule has 94 valence electrons. The number of amides is 1. The molecule has 16 heavy (non-hydrogen) atoms. The predicted octanol–water partition coefficient (Wildman–Crippen LogP) is 1.34. The highest BCUT2D eigenvalue weighted by atomic mass is 16.5. The van der Waals surface area contributed by atoms with Gasteiger partial charge in [-0.2, -0.15) is 0 Å². The minimum absolute atomic E-state index is 0.220.